The second-order valence-corrected chi connectivity index (χ2v) is 2.67. The van der Waals surface area contributed by atoms with Crippen molar-refractivity contribution in [1.29, 1.82) is 0 Å². The van der Waals surface area contributed by atoms with E-state index in [1.165, 1.54) is 0 Å². The van der Waals surface area contributed by atoms with E-state index in [4.69, 9.17) is 0 Å². The van der Waals surface area contributed by atoms with Gasteiger partial charge in [-0.1, -0.05) is 13.8 Å². The number of hydrogen-bond acceptors (Lipinski definition) is 3. The lowest BCUT2D eigenvalue weighted by atomic mass is 10.4. The van der Waals surface area contributed by atoms with Crippen LogP contribution in [0.2, 0.25) is 0 Å². The van der Waals surface area contributed by atoms with Gasteiger partial charge in [0.05, 0.1) is 0 Å². The highest BCUT2D eigenvalue weighted by molar-refractivity contribution is 5.29. The highest BCUT2D eigenvalue weighted by atomic mass is 15.2. The summed E-state index contributed by atoms with van der Waals surface area (Å²) in [7, 11) is 0. The molecule has 0 fully saturated rings. The van der Waals surface area contributed by atoms with Gasteiger partial charge in [-0.05, 0) is 26.8 Å². The molecule has 0 amide bonds. The van der Waals surface area contributed by atoms with E-state index in [1.54, 1.807) is 6.20 Å². The summed E-state index contributed by atoms with van der Waals surface area (Å²) in [6.45, 7) is 12.1. The number of nitrogens with zero attached hydrogens (tertiary/aromatic N) is 3. The van der Waals surface area contributed by atoms with Gasteiger partial charge in [0, 0.05) is 25.0 Å². The number of aromatic nitrogens is 2. The van der Waals surface area contributed by atoms with E-state index in [2.05, 4.69) is 28.7 Å². The van der Waals surface area contributed by atoms with E-state index < -0.39 is 0 Å². The van der Waals surface area contributed by atoms with Crippen LogP contribution in [0.4, 0.5) is 5.95 Å². The zero-order chi connectivity index (χ0) is 11.0. The Balaban J connectivity index is 0.000000791. The largest absolute Gasteiger partial charge is 0.341 e. The first-order valence-electron chi connectivity index (χ1n) is 5.32. The summed E-state index contributed by atoms with van der Waals surface area (Å²) in [6.07, 6.45) is 1.80. The van der Waals surface area contributed by atoms with Crippen LogP contribution in [0.1, 0.15) is 33.4 Å². The Labute approximate surface area is 87.2 Å². The Morgan fingerprint density at radius 2 is 1.79 bits per heavy atom. The van der Waals surface area contributed by atoms with E-state index in [9.17, 15) is 0 Å². The first kappa shape index (κ1) is 12.9. The molecule has 1 aromatic heterocycles. The van der Waals surface area contributed by atoms with Gasteiger partial charge in [-0.3, -0.25) is 0 Å². The molecule has 1 heterocycles. The minimum atomic E-state index is 0.833. The van der Waals surface area contributed by atoms with Crippen LogP contribution in [-0.2, 0) is 0 Å². The van der Waals surface area contributed by atoms with Crippen LogP contribution < -0.4 is 4.90 Å². The monoisotopic (exact) mass is 195 g/mol. The second-order valence-electron chi connectivity index (χ2n) is 2.67. The van der Waals surface area contributed by atoms with E-state index >= 15 is 0 Å². The molecule has 80 valence electrons. The predicted octanol–water partition coefficient (Wildman–Crippen LogP) is 2.66. The molecule has 0 aliphatic carbocycles. The normalized spacial score (nSPS) is 8.93. The smallest absolute Gasteiger partial charge is 0.225 e. The lowest BCUT2D eigenvalue weighted by molar-refractivity contribution is 0.816. The molecule has 0 N–H and O–H groups in total. The third kappa shape index (κ3) is 3.73. The summed E-state index contributed by atoms with van der Waals surface area (Å²) in [6, 6.07) is 1.91. The highest BCUT2D eigenvalue weighted by Crippen LogP contribution is 2.05. The minimum absolute atomic E-state index is 0.833. The van der Waals surface area contributed by atoms with Crippen molar-refractivity contribution in [2.45, 2.75) is 34.6 Å². The van der Waals surface area contributed by atoms with Crippen molar-refractivity contribution in [1.82, 2.24) is 9.97 Å². The molecule has 0 aliphatic heterocycles. The maximum absolute atomic E-state index is 4.33. The first-order valence-corrected chi connectivity index (χ1v) is 5.32. The van der Waals surface area contributed by atoms with Crippen molar-refractivity contribution < 1.29 is 0 Å². The van der Waals surface area contributed by atoms with Gasteiger partial charge in [0.1, 0.15) is 0 Å². The molecule has 0 aromatic carbocycles. The third-order valence-corrected chi connectivity index (χ3v) is 1.83. The molecule has 0 spiro atoms. The standard InChI is InChI=1S/C9H15N3.C2H6/c1-4-12(5-2)9-10-7-6-8(3)11-9;1-2/h6-7H,4-5H2,1-3H3;1-2H3. The molecule has 3 nitrogen and oxygen atoms in total. The lowest BCUT2D eigenvalue weighted by Gasteiger charge is -2.17. The summed E-state index contributed by atoms with van der Waals surface area (Å²) < 4.78 is 0. The van der Waals surface area contributed by atoms with Gasteiger partial charge in [0.15, 0.2) is 0 Å². The fraction of sp³-hybridized carbons (Fsp3) is 0.636. The maximum atomic E-state index is 4.33. The van der Waals surface area contributed by atoms with Crippen LogP contribution in [0.25, 0.3) is 0 Å². The van der Waals surface area contributed by atoms with E-state index in [0.717, 1.165) is 24.7 Å². The fourth-order valence-corrected chi connectivity index (χ4v) is 1.09. The Morgan fingerprint density at radius 3 is 2.21 bits per heavy atom. The number of hydrogen-bond donors (Lipinski definition) is 0. The van der Waals surface area contributed by atoms with Gasteiger partial charge in [-0.25, -0.2) is 9.97 Å². The Hall–Kier alpha value is -1.12. The zero-order valence-electron chi connectivity index (χ0n) is 9.91. The first-order chi connectivity index (χ1) is 6.77. The average molecular weight is 195 g/mol. The Kier molecular flexibility index (Phi) is 6.72. The SMILES string of the molecule is CC.CCN(CC)c1nccc(C)n1. The van der Waals surface area contributed by atoms with Crippen LogP contribution in [0.15, 0.2) is 12.3 Å². The third-order valence-electron chi connectivity index (χ3n) is 1.83. The van der Waals surface area contributed by atoms with Crippen LogP contribution in [0.3, 0.4) is 0 Å². The molecule has 3 heteroatoms. The van der Waals surface area contributed by atoms with Crippen molar-refractivity contribution in [2.75, 3.05) is 18.0 Å². The van der Waals surface area contributed by atoms with Gasteiger partial charge < -0.3 is 4.90 Å². The summed E-state index contributed by atoms with van der Waals surface area (Å²) in [5, 5.41) is 0. The van der Waals surface area contributed by atoms with Gasteiger partial charge >= 0.3 is 0 Å². The van der Waals surface area contributed by atoms with Crippen molar-refractivity contribution in [2.24, 2.45) is 0 Å². The molecule has 1 rings (SSSR count). The van der Waals surface area contributed by atoms with Crippen LogP contribution in [0.5, 0.6) is 0 Å². The molecule has 0 aliphatic rings. The topological polar surface area (TPSA) is 29.0 Å². The fourth-order valence-electron chi connectivity index (χ4n) is 1.09. The summed E-state index contributed by atoms with van der Waals surface area (Å²) >= 11 is 0. The van der Waals surface area contributed by atoms with Crippen molar-refractivity contribution >= 4 is 5.95 Å². The molecule has 0 unspecified atom stereocenters. The molecule has 14 heavy (non-hydrogen) atoms. The van der Waals surface area contributed by atoms with Crippen molar-refractivity contribution in [3.63, 3.8) is 0 Å². The predicted molar refractivity (Wildman–Crippen MR) is 61.7 cm³/mol. The summed E-state index contributed by atoms with van der Waals surface area (Å²) in [5.41, 5.74) is 1.02. The summed E-state index contributed by atoms with van der Waals surface area (Å²) in [4.78, 5) is 10.7. The lowest BCUT2D eigenvalue weighted by Crippen LogP contribution is -2.24. The van der Waals surface area contributed by atoms with Crippen LogP contribution in [0, 0.1) is 6.92 Å². The Bertz CT molecular complexity index is 244. The number of anilines is 1. The van der Waals surface area contributed by atoms with Crippen molar-refractivity contribution in [3.05, 3.63) is 18.0 Å². The van der Waals surface area contributed by atoms with Gasteiger partial charge in [0.25, 0.3) is 0 Å². The van der Waals surface area contributed by atoms with Gasteiger partial charge in [0.2, 0.25) is 5.95 Å². The van der Waals surface area contributed by atoms with Crippen LogP contribution >= 0.6 is 0 Å². The minimum Gasteiger partial charge on any atom is -0.341 e. The molecule has 0 saturated carbocycles. The van der Waals surface area contributed by atoms with Gasteiger partial charge in [-0.2, -0.15) is 0 Å². The average Bonchev–Trinajstić information content (AvgIpc) is 2.23. The van der Waals surface area contributed by atoms with Gasteiger partial charge in [-0.15, -0.1) is 0 Å². The molecular formula is C11H21N3. The quantitative estimate of drug-likeness (QED) is 0.742. The molecule has 0 bridgehead atoms. The second kappa shape index (κ2) is 7.30. The maximum Gasteiger partial charge on any atom is 0.225 e. The van der Waals surface area contributed by atoms with Crippen LogP contribution in [-0.4, -0.2) is 23.1 Å². The number of aryl methyl sites for hydroxylation is 1. The molecule has 0 radical (unpaired) electrons. The Morgan fingerprint density at radius 1 is 1.21 bits per heavy atom. The zero-order valence-corrected chi connectivity index (χ0v) is 9.91. The van der Waals surface area contributed by atoms with E-state index in [0.29, 0.717) is 0 Å². The van der Waals surface area contributed by atoms with E-state index in [1.807, 2.05) is 26.8 Å². The number of rotatable bonds is 3. The molecule has 1 aromatic rings. The molecular weight excluding hydrogens is 174 g/mol. The molecule has 0 saturated heterocycles. The summed E-state index contributed by atoms with van der Waals surface area (Å²) in [5.74, 6) is 0.833. The highest BCUT2D eigenvalue weighted by Gasteiger charge is 2.03. The van der Waals surface area contributed by atoms with Crippen molar-refractivity contribution in [3.8, 4) is 0 Å². The molecule has 0 atom stereocenters. The van der Waals surface area contributed by atoms with E-state index in [-0.39, 0.29) is 0 Å².